The van der Waals surface area contributed by atoms with Crippen LogP contribution < -0.4 is 0 Å². The number of nitrogens with zero attached hydrogens (tertiary/aromatic N) is 3. The van der Waals surface area contributed by atoms with Crippen LogP contribution in [0.25, 0.3) is 10.9 Å². The van der Waals surface area contributed by atoms with Crippen LogP contribution in [0.1, 0.15) is 49.4 Å². The van der Waals surface area contributed by atoms with Crippen molar-refractivity contribution in [1.29, 1.82) is 0 Å². The van der Waals surface area contributed by atoms with Gasteiger partial charge in [-0.15, -0.1) is 0 Å². The standard InChI is InChI=1S/C22H31N3O/c1-18(26)21-17-25(22-8-3-2-7-20(21)22)14-6-11-23-15-9-19(10-16-23)24-12-4-5-13-24/h2-3,7-8,17,19H,4-6,9-16H2,1H3. The number of carbonyl (C=O) groups is 1. The van der Waals surface area contributed by atoms with E-state index in [1.54, 1.807) is 6.92 Å². The number of ketones is 1. The third-order valence-corrected chi connectivity index (χ3v) is 6.26. The van der Waals surface area contributed by atoms with Crippen molar-refractivity contribution in [3.8, 4) is 0 Å². The van der Waals surface area contributed by atoms with Gasteiger partial charge in [-0.2, -0.15) is 0 Å². The van der Waals surface area contributed by atoms with E-state index in [9.17, 15) is 4.79 Å². The summed E-state index contributed by atoms with van der Waals surface area (Å²) in [7, 11) is 0. The van der Waals surface area contributed by atoms with E-state index in [2.05, 4.69) is 32.6 Å². The molecule has 1 aromatic carbocycles. The molecule has 0 aliphatic carbocycles. The number of para-hydroxylation sites is 1. The summed E-state index contributed by atoms with van der Waals surface area (Å²) >= 11 is 0. The smallest absolute Gasteiger partial charge is 0.161 e. The van der Waals surface area contributed by atoms with E-state index in [-0.39, 0.29) is 5.78 Å². The highest BCUT2D eigenvalue weighted by atomic mass is 16.1. The van der Waals surface area contributed by atoms with Gasteiger partial charge >= 0.3 is 0 Å². The van der Waals surface area contributed by atoms with Crippen LogP contribution in [0, 0.1) is 0 Å². The molecule has 0 amide bonds. The second kappa shape index (κ2) is 7.93. The molecule has 2 fully saturated rings. The third-order valence-electron chi connectivity index (χ3n) is 6.26. The molecule has 0 bridgehead atoms. The van der Waals surface area contributed by atoms with Gasteiger partial charge in [0, 0.05) is 35.2 Å². The fourth-order valence-corrected chi connectivity index (χ4v) is 4.79. The number of carbonyl (C=O) groups excluding carboxylic acids is 1. The molecule has 2 aliphatic rings. The minimum absolute atomic E-state index is 0.156. The van der Waals surface area contributed by atoms with Gasteiger partial charge in [0.25, 0.3) is 0 Å². The molecule has 1 aromatic heterocycles. The average molecular weight is 354 g/mol. The maximum Gasteiger partial charge on any atom is 0.161 e. The van der Waals surface area contributed by atoms with Gasteiger partial charge in [0.15, 0.2) is 5.78 Å². The summed E-state index contributed by atoms with van der Waals surface area (Å²) in [5.41, 5.74) is 2.04. The van der Waals surface area contributed by atoms with Crippen LogP contribution in [0.15, 0.2) is 30.5 Å². The van der Waals surface area contributed by atoms with Gasteiger partial charge in [0.05, 0.1) is 0 Å². The molecule has 3 heterocycles. The van der Waals surface area contributed by atoms with Crippen molar-refractivity contribution in [2.24, 2.45) is 0 Å². The molecule has 2 saturated heterocycles. The van der Waals surface area contributed by atoms with Crippen molar-refractivity contribution in [2.75, 3.05) is 32.7 Å². The van der Waals surface area contributed by atoms with Crippen LogP contribution in [0.2, 0.25) is 0 Å². The van der Waals surface area contributed by atoms with E-state index in [0.29, 0.717) is 0 Å². The molecule has 4 heteroatoms. The number of fused-ring (bicyclic) bond motifs is 1. The Hall–Kier alpha value is -1.65. The van der Waals surface area contributed by atoms with Crippen molar-refractivity contribution in [3.05, 3.63) is 36.0 Å². The van der Waals surface area contributed by atoms with Gasteiger partial charge in [0.1, 0.15) is 0 Å². The van der Waals surface area contributed by atoms with Crippen molar-refractivity contribution in [1.82, 2.24) is 14.4 Å². The third kappa shape index (κ3) is 3.72. The maximum absolute atomic E-state index is 11.9. The molecule has 140 valence electrons. The summed E-state index contributed by atoms with van der Waals surface area (Å²) in [6.07, 6.45) is 8.65. The number of hydrogen-bond acceptors (Lipinski definition) is 3. The van der Waals surface area contributed by atoms with Gasteiger partial charge in [-0.25, -0.2) is 0 Å². The van der Waals surface area contributed by atoms with Crippen molar-refractivity contribution in [2.45, 2.75) is 51.6 Å². The Kier molecular flexibility index (Phi) is 5.41. The number of aromatic nitrogens is 1. The SMILES string of the molecule is CC(=O)c1cn(CCCN2CCC(N3CCCC3)CC2)c2ccccc12. The van der Waals surface area contributed by atoms with E-state index in [0.717, 1.165) is 36.5 Å². The number of rotatable bonds is 6. The van der Waals surface area contributed by atoms with Crippen LogP contribution >= 0.6 is 0 Å². The number of hydrogen-bond donors (Lipinski definition) is 0. The second-order valence-corrected chi connectivity index (χ2v) is 7.98. The van der Waals surface area contributed by atoms with Gasteiger partial charge in [-0.05, 0) is 77.8 Å². The second-order valence-electron chi connectivity index (χ2n) is 7.98. The molecular formula is C22H31N3O. The van der Waals surface area contributed by atoms with E-state index in [1.165, 1.54) is 57.4 Å². The molecule has 0 radical (unpaired) electrons. The van der Waals surface area contributed by atoms with Crippen LogP contribution in [0.4, 0.5) is 0 Å². The molecule has 0 unspecified atom stereocenters. The summed E-state index contributed by atoms with van der Waals surface area (Å²) in [5, 5.41) is 1.09. The summed E-state index contributed by atoms with van der Waals surface area (Å²) < 4.78 is 2.27. The number of piperidine rings is 1. The Bertz CT molecular complexity index is 752. The normalized spacial score (nSPS) is 20.2. The summed E-state index contributed by atoms with van der Waals surface area (Å²) in [6, 6.07) is 9.10. The first-order valence-corrected chi connectivity index (χ1v) is 10.3. The Balaban J connectivity index is 1.30. The Morgan fingerprint density at radius 2 is 1.77 bits per heavy atom. The molecule has 0 spiro atoms. The summed E-state index contributed by atoms with van der Waals surface area (Å²) in [6.45, 7) is 8.94. The number of likely N-dealkylation sites (tertiary alicyclic amines) is 2. The zero-order valence-electron chi connectivity index (χ0n) is 16.0. The quantitative estimate of drug-likeness (QED) is 0.740. The number of benzene rings is 1. The molecule has 26 heavy (non-hydrogen) atoms. The van der Waals surface area contributed by atoms with Crippen molar-refractivity contribution in [3.63, 3.8) is 0 Å². The first-order valence-electron chi connectivity index (χ1n) is 10.3. The molecule has 0 saturated carbocycles. The van der Waals surface area contributed by atoms with Crippen molar-refractivity contribution >= 4 is 16.7 Å². The van der Waals surface area contributed by atoms with Crippen LogP contribution in [-0.2, 0) is 6.54 Å². The summed E-state index contributed by atoms with van der Waals surface area (Å²) in [4.78, 5) is 17.3. The monoisotopic (exact) mass is 353 g/mol. The lowest BCUT2D eigenvalue weighted by molar-refractivity contribution is 0.101. The highest BCUT2D eigenvalue weighted by molar-refractivity contribution is 6.06. The molecule has 0 N–H and O–H groups in total. The van der Waals surface area contributed by atoms with Gasteiger partial charge in [-0.1, -0.05) is 18.2 Å². The van der Waals surface area contributed by atoms with E-state index < -0.39 is 0 Å². The zero-order valence-corrected chi connectivity index (χ0v) is 16.0. The van der Waals surface area contributed by atoms with E-state index in [1.807, 2.05) is 12.3 Å². The van der Waals surface area contributed by atoms with Crippen LogP contribution in [0.5, 0.6) is 0 Å². The fraction of sp³-hybridized carbons (Fsp3) is 0.591. The molecular weight excluding hydrogens is 322 g/mol. The predicted molar refractivity (Wildman–Crippen MR) is 107 cm³/mol. The van der Waals surface area contributed by atoms with Gasteiger partial charge in [0.2, 0.25) is 0 Å². The molecule has 2 aliphatic heterocycles. The number of aryl methyl sites for hydroxylation is 1. The van der Waals surface area contributed by atoms with Crippen molar-refractivity contribution < 1.29 is 4.79 Å². The fourth-order valence-electron chi connectivity index (χ4n) is 4.79. The lowest BCUT2D eigenvalue weighted by Gasteiger charge is -2.36. The minimum atomic E-state index is 0.156. The molecule has 2 aromatic rings. The topological polar surface area (TPSA) is 28.5 Å². The lowest BCUT2D eigenvalue weighted by Crippen LogP contribution is -2.44. The van der Waals surface area contributed by atoms with Crippen LogP contribution in [0.3, 0.4) is 0 Å². The van der Waals surface area contributed by atoms with E-state index >= 15 is 0 Å². The lowest BCUT2D eigenvalue weighted by atomic mass is 10.0. The zero-order chi connectivity index (χ0) is 17.9. The van der Waals surface area contributed by atoms with Gasteiger partial charge in [-0.3, -0.25) is 4.79 Å². The largest absolute Gasteiger partial charge is 0.347 e. The first-order chi connectivity index (χ1) is 12.7. The maximum atomic E-state index is 11.9. The average Bonchev–Trinajstić information content (AvgIpc) is 3.31. The highest BCUT2D eigenvalue weighted by Crippen LogP contribution is 2.23. The Morgan fingerprint density at radius 1 is 1.04 bits per heavy atom. The molecule has 0 atom stereocenters. The highest BCUT2D eigenvalue weighted by Gasteiger charge is 2.26. The number of Topliss-reactive ketones (excluding diaryl/α,β-unsaturated/α-hetero) is 1. The Labute approximate surface area is 156 Å². The molecule has 4 rings (SSSR count). The molecule has 4 nitrogen and oxygen atoms in total. The van der Waals surface area contributed by atoms with Gasteiger partial charge < -0.3 is 14.4 Å². The Morgan fingerprint density at radius 3 is 2.50 bits per heavy atom. The first kappa shape index (κ1) is 17.7. The van der Waals surface area contributed by atoms with Crippen LogP contribution in [-0.4, -0.2) is 58.9 Å². The minimum Gasteiger partial charge on any atom is -0.347 e. The van der Waals surface area contributed by atoms with E-state index in [4.69, 9.17) is 0 Å². The predicted octanol–water partition coefficient (Wildman–Crippen LogP) is 3.79. The summed E-state index contributed by atoms with van der Waals surface area (Å²) in [5.74, 6) is 0.156.